The highest BCUT2D eigenvalue weighted by atomic mass is 16.7. The molecule has 1 aliphatic heterocycles. The fourth-order valence-corrected chi connectivity index (χ4v) is 2.20. The van der Waals surface area contributed by atoms with Crippen LogP contribution in [0, 0.1) is 11.8 Å². The Morgan fingerprint density at radius 2 is 2.10 bits per heavy atom. The minimum atomic E-state index is -0.311. The Hall–Kier alpha value is -2.24. The van der Waals surface area contributed by atoms with E-state index in [0.29, 0.717) is 24.0 Å². The first kappa shape index (κ1) is 13.7. The molecule has 0 bridgehead atoms. The minimum Gasteiger partial charge on any atom is -0.455 e. The molecule has 0 saturated heterocycles. The Balaban J connectivity index is 1.42. The van der Waals surface area contributed by atoms with Gasteiger partial charge in [-0.05, 0) is 30.0 Å². The maximum Gasteiger partial charge on any atom is 0.309 e. The van der Waals surface area contributed by atoms with Crippen LogP contribution in [0.3, 0.4) is 0 Å². The molecule has 112 valence electrons. The molecule has 1 aliphatic carbocycles. The lowest BCUT2D eigenvalue weighted by Gasteiger charge is -2.07. The molecule has 6 heteroatoms. The number of rotatable bonds is 5. The number of benzene rings is 1. The van der Waals surface area contributed by atoms with Crippen molar-refractivity contribution >= 4 is 11.9 Å². The van der Waals surface area contributed by atoms with E-state index in [4.69, 9.17) is 14.2 Å². The smallest absolute Gasteiger partial charge is 0.309 e. The highest BCUT2D eigenvalue weighted by Gasteiger charge is 2.40. The van der Waals surface area contributed by atoms with Crippen molar-refractivity contribution in [2.24, 2.45) is 11.8 Å². The Labute approximate surface area is 122 Å². The van der Waals surface area contributed by atoms with Crippen molar-refractivity contribution in [1.29, 1.82) is 0 Å². The topological polar surface area (TPSA) is 73.9 Å². The molecule has 1 N–H and O–H groups in total. The summed E-state index contributed by atoms with van der Waals surface area (Å²) in [6.45, 7) is 2.34. The van der Waals surface area contributed by atoms with Crippen LogP contribution in [0.25, 0.3) is 0 Å². The summed E-state index contributed by atoms with van der Waals surface area (Å²) in [5.74, 6) is 1.16. The number of fused-ring (bicyclic) bond motifs is 1. The normalized spacial score (nSPS) is 21.8. The van der Waals surface area contributed by atoms with E-state index in [1.165, 1.54) is 0 Å². The summed E-state index contributed by atoms with van der Waals surface area (Å²) in [4.78, 5) is 23.1. The number of hydrogen-bond donors (Lipinski definition) is 1. The van der Waals surface area contributed by atoms with Gasteiger partial charge in [-0.15, -0.1) is 0 Å². The lowest BCUT2D eigenvalue weighted by Crippen LogP contribution is -2.28. The zero-order chi connectivity index (χ0) is 14.8. The van der Waals surface area contributed by atoms with Crippen molar-refractivity contribution in [3.05, 3.63) is 23.8 Å². The van der Waals surface area contributed by atoms with E-state index in [1.54, 1.807) is 6.07 Å². The Kier molecular flexibility index (Phi) is 3.68. The zero-order valence-electron chi connectivity index (χ0n) is 11.8. The molecule has 0 aromatic heterocycles. The largest absolute Gasteiger partial charge is 0.455 e. The highest BCUT2D eigenvalue weighted by Crippen LogP contribution is 2.38. The fraction of sp³-hybridized carbons (Fsp3) is 0.467. The van der Waals surface area contributed by atoms with Gasteiger partial charge in [0.1, 0.15) is 0 Å². The van der Waals surface area contributed by atoms with Gasteiger partial charge in [0.15, 0.2) is 18.1 Å². The van der Waals surface area contributed by atoms with Gasteiger partial charge in [0.2, 0.25) is 6.79 Å². The van der Waals surface area contributed by atoms with Crippen molar-refractivity contribution < 1.29 is 23.8 Å². The van der Waals surface area contributed by atoms with Gasteiger partial charge in [0.25, 0.3) is 5.91 Å². The first-order valence-electron chi connectivity index (χ1n) is 6.95. The van der Waals surface area contributed by atoms with Crippen molar-refractivity contribution in [3.8, 4) is 11.5 Å². The van der Waals surface area contributed by atoms with Crippen molar-refractivity contribution in [1.82, 2.24) is 5.32 Å². The van der Waals surface area contributed by atoms with Gasteiger partial charge < -0.3 is 19.5 Å². The highest BCUT2D eigenvalue weighted by molar-refractivity contribution is 5.82. The number of nitrogens with one attached hydrogen (secondary N) is 1. The molecule has 2 atom stereocenters. The van der Waals surface area contributed by atoms with E-state index >= 15 is 0 Å². The number of amides is 1. The molecule has 6 nitrogen and oxygen atoms in total. The van der Waals surface area contributed by atoms with Crippen LogP contribution in [0.5, 0.6) is 11.5 Å². The predicted molar refractivity (Wildman–Crippen MR) is 72.6 cm³/mol. The van der Waals surface area contributed by atoms with E-state index < -0.39 is 0 Å². The number of carbonyl (C=O) groups excluding carboxylic acids is 2. The van der Waals surface area contributed by atoms with Crippen LogP contribution in [-0.2, 0) is 20.9 Å². The Morgan fingerprint density at radius 3 is 2.86 bits per heavy atom. The van der Waals surface area contributed by atoms with Gasteiger partial charge >= 0.3 is 5.97 Å². The third kappa shape index (κ3) is 3.26. The van der Waals surface area contributed by atoms with Crippen LogP contribution in [0.15, 0.2) is 18.2 Å². The van der Waals surface area contributed by atoms with Gasteiger partial charge in [-0.1, -0.05) is 13.0 Å². The van der Waals surface area contributed by atoms with Gasteiger partial charge in [-0.2, -0.15) is 0 Å². The van der Waals surface area contributed by atoms with Crippen LogP contribution in [0.2, 0.25) is 0 Å². The van der Waals surface area contributed by atoms with Crippen molar-refractivity contribution in [3.63, 3.8) is 0 Å². The fourth-order valence-electron chi connectivity index (χ4n) is 2.20. The number of carbonyl (C=O) groups is 2. The molecule has 1 amide bonds. The van der Waals surface area contributed by atoms with Crippen molar-refractivity contribution in [2.75, 3.05) is 13.4 Å². The van der Waals surface area contributed by atoms with Crippen LogP contribution in [0.4, 0.5) is 0 Å². The summed E-state index contributed by atoms with van der Waals surface area (Å²) in [6, 6.07) is 5.48. The third-order valence-electron chi connectivity index (χ3n) is 3.68. The molecule has 1 fully saturated rings. The summed E-state index contributed by atoms with van der Waals surface area (Å²) < 4.78 is 15.4. The van der Waals surface area contributed by atoms with E-state index in [1.807, 2.05) is 19.1 Å². The summed E-state index contributed by atoms with van der Waals surface area (Å²) in [7, 11) is 0. The molecule has 0 spiro atoms. The second-order valence-electron chi connectivity index (χ2n) is 5.39. The molecular formula is C15H17NO5. The van der Waals surface area contributed by atoms with E-state index in [-0.39, 0.29) is 31.2 Å². The molecule has 1 aromatic carbocycles. The van der Waals surface area contributed by atoms with E-state index in [2.05, 4.69) is 5.32 Å². The van der Waals surface area contributed by atoms with Crippen LogP contribution < -0.4 is 14.8 Å². The van der Waals surface area contributed by atoms with Crippen LogP contribution >= 0.6 is 0 Å². The second kappa shape index (κ2) is 5.63. The molecule has 0 unspecified atom stereocenters. The average molecular weight is 291 g/mol. The molecule has 21 heavy (non-hydrogen) atoms. The minimum absolute atomic E-state index is 0.0216. The lowest BCUT2D eigenvalue weighted by molar-refractivity contribution is -0.150. The Morgan fingerprint density at radius 1 is 1.33 bits per heavy atom. The van der Waals surface area contributed by atoms with Gasteiger partial charge in [-0.25, -0.2) is 0 Å². The lowest BCUT2D eigenvalue weighted by atomic mass is 10.2. The summed E-state index contributed by atoms with van der Waals surface area (Å²) >= 11 is 0. The first-order valence-corrected chi connectivity index (χ1v) is 6.95. The molecular weight excluding hydrogens is 274 g/mol. The molecule has 0 radical (unpaired) electrons. The average Bonchev–Trinajstić information content (AvgIpc) is 3.03. The second-order valence-corrected chi connectivity index (χ2v) is 5.39. The summed E-state index contributed by atoms with van der Waals surface area (Å²) in [6.07, 6.45) is 0.859. The molecule has 1 heterocycles. The number of hydrogen-bond acceptors (Lipinski definition) is 5. The standard InChI is InChI=1S/C15H17NO5/c1-9-4-11(9)15(18)19-7-14(17)16-6-10-2-3-12-13(5-10)21-8-20-12/h2-3,5,9,11H,4,6-8H2,1H3,(H,16,17)/t9-,11+/m0/s1. The molecule has 3 rings (SSSR count). The predicted octanol–water partition coefficient (Wildman–Crippen LogP) is 1.23. The number of ether oxygens (including phenoxy) is 3. The molecule has 1 aromatic rings. The molecule has 2 aliphatic rings. The quantitative estimate of drug-likeness (QED) is 0.826. The number of esters is 1. The third-order valence-corrected chi connectivity index (χ3v) is 3.68. The van der Waals surface area contributed by atoms with Crippen LogP contribution in [-0.4, -0.2) is 25.3 Å². The Bertz CT molecular complexity index is 571. The van der Waals surface area contributed by atoms with E-state index in [0.717, 1.165) is 12.0 Å². The summed E-state index contributed by atoms with van der Waals surface area (Å²) in [5.41, 5.74) is 0.898. The van der Waals surface area contributed by atoms with Gasteiger partial charge in [0, 0.05) is 6.54 Å². The van der Waals surface area contributed by atoms with E-state index in [9.17, 15) is 9.59 Å². The summed E-state index contributed by atoms with van der Waals surface area (Å²) in [5, 5.41) is 2.70. The first-order chi connectivity index (χ1) is 10.1. The van der Waals surface area contributed by atoms with Crippen molar-refractivity contribution in [2.45, 2.75) is 19.9 Å². The molecule has 1 saturated carbocycles. The zero-order valence-corrected chi connectivity index (χ0v) is 11.8. The van der Waals surface area contributed by atoms with Gasteiger partial charge in [0.05, 0.1) is 5.92 Å². The monoisotopic (exact) mass is 291 g/mol. The van der Waals surface area contributed by atoms with Gasteiger partial charge in [-0.3, -0.25) is 9.59 Å². The van der Waals surface area contributed by atoms with Crippen LogP contribution in [0.1, 0.15) is 18.9 Å². The maximum absolute atomic E-state index is 11.6. The maximum atomic E-state index is 11.6. The SMILES string of the molecule is C[C@H]1C[C@H]1C(=O)OCC(=O)NCc1ccc2c(c1)OCO2.